The maximum absolute atomic E-state index is 12.3. The Balaban J connectivity index is 1.66. The van der Waals surface area contributed by atoms with Crippen LogP contribution in [-0.2, 0) is 19.0 Å². The maximum Gasteiger partial charge on any atom is 0.243 e. The lowest BCUT2D eigenvalue weighted by Gasteiger charge is -2.45. The van der Waals surface area contributed by atoms with Gasteiger partial charge in [-0.25, -0.2) is 4.68 Å². The smallest absolute Gasteiger partial charge is 0.243 e. The second-order valence-electron chi connectivity index (χ2n) is 8.78. The molecule has 1 aromatic heterocycles. The summed E-state index contributed by atoms with van der Waals surface area (Å²) in [4.78, 5) is 12.3. The molecule has 37 heavy (non-hydrogen) atoms. The van der Waals surface area contributed by atoms with Crippen molar-refractivity contribution in [2.24, 2.45) is 5.73 Å². The van der Waals surface area contributed by atoms with Crippen LogP contribution in [0.25, 0.3) is 0 Å². The third-order valence-electron chi connectivity index (χ3n) is 5.98. The molecular weight excluding hydrogens is 518 g/mol. The number of anilines is 1. The van der Waals surface area contributed by atoms with Crippen LogP contribution in [0.5, 0.6) is 0 Å². The van der Waals surface area contributed by atoms with Crippen LogP contribution in [0.2, 0.25) is 0 Å². The van der Waals surface area contributed by atoms with E-state index in [1.807, 2.05) is 6.92 Å². The van der Waals surface area contributed by atoms with Gasteiger partial charge in [0.15, 0.2) is 18.3 Å². The molecule has 0 aromatic carbocycles. The largest absolute Gasteiger partial charge is 0.394 e. The van der Waals surface area contributed by atoms with Crippen LogP contribution in [-0.4, -0.2) is 143 Å². The predicted octanol–water partition coefficient (Wildman–Crippen LogP) is -4.52. The molecule has 16 nitrogen and oxygen atoms in total. The lowest BCUT2D eigenvalue weighted by atomic mass is 9.96. The van der Waals surface area contributed by atoms with E-state index in [2.05, 4.69) is 15.6 Å². The number of nitrogens with one attached hydrogen (secondary N) is 1. The highest BCUT2D eigenvalue weighted by molar-refractivity contribution is 7.99. The van der Waals surface area contributed by atoms with Crippen molar-refractivity contribution in [2.75, 3.05) is 30.0 Å². The molecular formula is C20H35N5O11S. The van der Waals surface area contributed by atoms with E-state index >= 15 is 0 Å². The molecule has 0 saturated carbocycles. The SMILES string of the molecule is CCCSC[C@@H](N)C(=O)Nc1cn([C@@H]2OC(CO)C(OC3OC(CO)C(O)C(O)C3O)C(O)C2O)nn1. The number of aliphatic hydroxyl groups is 7. The number of thioether (sulfide) groups is 1. The Labute approximate surface area is 216 Å². The van der Waals surface area contributed by atoms with Gasteiger partial charge in [0.2, 0.25) is 5.91 Å². The minimum Gasteiger partial charge on any atom is -0.394 e. The minimum atomic E-state index is -1.77. The first kappa shape index (κ1) is 30.1. The molecule has 17 heteroatoms. The number of aromatic nitrogens is 3. The number of hydrogen-bond acceptors (Lipinski definition) is 15. The van der Waals surface area contributed by atoms with Gasteiger partial charge in [-0.2, -0.15) is 11.8 Å². The molecule has 0 aliphatic carbocycles. The summed E-state index contributed by atoms with van der Waals surface area (Å²) in [6.07, 6.45) is -13.3. The van der Waals surface area contributed by atoms with Crippen LogP contribution in [0.1, 0.15) is 19.6 Å². The third-order valence-corrected chi connectivity index (χ3v) is 7.28. The average Bonchev–Trinajstić information content (AvgIpc) is 3.35. The van der Waals surface area contributed by atoms with Gasteiger partial charge in [-0.05, 0) is 12.2 Å². The normalized spacial score (nSPS) is 37.3. The number of ether oxygens (including phenoxy) is 3. The van der Waals surface area contributed by atoms with Crippen LogP contribution < -0.4 is 11.1 Å². The number of aliphatic hydroxyl groups excluding tert-OH is 7. The number of hydrogen-bond donors (Lipinski definition) is 9. The van der Waals surface area contributed by atoms with Crippen molar-refractivity contribution in [3.8, 4) is 0 Å². The molecule has 0 bridgehead atoms. The van der Waals surface area contributed by atoms with Crippen LogP contribution in [0.3, 0.4) is 0 Å². The minimum absolute atomic E-state index is 0.0199. The Morgan fingerprint density at radius 3 is 2.46 bits per heavy atom. The zero-order valence-corrected chi connectivity index (χ0v) is 20.9. The van der Waals surface area contributed by atoms with E-state index in [0.29, 0.717) is 5.75 Å². The van der Waals surface area contributed by atoms with Crippen molar-refractivity contribution in [2.45, 2.75) is 80.7 Å². The molecule has 1 amide bonds. The lowest BCUT2D eigenvalue weighted by Crippen LogP contribution is -2.63. The van der Waals surface area contributed by atoms with Gasteiger partial charge >= 0.3 is 0 Å². The Morgan fingerprint density at radius 2 is 1.81 bits per heavy atom. The molecule has 2 aliphatic heterocycles. The first-order valence-corrected chi connectivity index (χ1v) is 12.9. The van der Waals surface area contributed by atoms with E-state index in [1.165, 1.54) is 18.0 Å². The summed E-state index contributed by atoms with van der Waals surface area (Å²) in [6.45, 7) is 0.613. The fourth-order valence-corrected chi connectivity index (χ4v) is 4.76. The molecule has 3 heterocycles. The van der Waals surface area contributed by atoms with E-state index in [0.717, 1.165) is 16.9 Å². The average molecular weight is 554 g/mol. The van der Waals surface area contributed by atoms with Crippen molar-refractivity contribution in [3.05, 3.63) is 6.20 Å². The first-order chi connectivity index (χ1) is 17.6. The van der Waals surface area contributed by atoms with E-state index in [9.17, 15) is 40.5 Å². The topological polar surface area (TPSA) is 255 Å². The zero-order chi connectivity index (χ0) is 27.3. The standard InChI is InChI=1S/C20H35N5O11S/c1-2-3-37-7-8(21)18(33)22-11-4-25(24-23-11)19-15(31)14(30)17(10(6-27)34-19)36-20-16(32)13(29)12(28)9(5-26)35-20/h4,8-10,12-17,19-20,26-32H,2-3,5-7,21H2,1H3,(H,22,33)/t8-,9?,10?,12?,13?,14?,15?,16?,17?,19-,20?/m1/s1. The highest BCUT2D eigenvalue weighted by Crippen LogP contribution is 2.32. The summed E-state index contributed by atoms with van der Waals surface area (Å²) in [5.74, 6) is 0.815. The van der Waals surface area contributed by atoms with E-state index in [1.54, 1.807) is 0 Å². The molecule has 2 saturated heterocycles. The summed E-state index contributed by atoms with van der Waals surface area (Å²) in [5.41, 5.74) is 5.87. The highest BCUT2D eigenvalue weighted by Gasteiger charge is 2.51. The van der Waals surface area contributed by atoms with Gasteiger partial charge in [-0.3, -0.25) is 4.79 Å². The summed E-state index contributed by atoms with van der Waals surface area (Å²) in [5, 5.41) is 80.8. The fraction of sp³-hybridized carbons (Fsp3) is 0.850. The Kier molecular flexibility index (Phi) is 11.0. The molecule has 3 rings (SSSR count). The van der Waals surface area contributed by atoms with Crippen molar-refractivity contribution in [1.29, 1.82) is 0 Å². The second kappa shape index (κ2) is 13.5. The van der Waals surface area contributed by atoms with Gasteiger partial charge in [0.05, 0.1) is 25.5 Å². The van der Waals surface area contributed by atoms with Crippen molar-refractivity contribution in [1.82, 2.24) is 15.0 Å². The first-order valence-electron chi connectivity index (χ1n) is 11.8. The second-order valence-corrected chi connectivity index (χ2v) is 9.93. The fourth-order valence-electron chi connectivity index (χ4n) is 3.90. The highest BCUT2D eigenvalue weighted by atomic mass is 32.2. The Hall–Kier alpha value is -1.48. The molecule has 2 aliphatic rings. The molecule has 11 atom stereocenters. The van der Waals surface area contributed by atoms with Crippen molar-refractivity contribution < 1.29 is 54.8 Å². The van der Waals surface area contributed by atoms with Crippen LogP contribution in [0, 0.1) is 0 Å². The number of carbonyl (C=O) groups is 1. The predicted molar refractivity (Wildman–Crippen MR) is 126 cm³/mol. The van der Waals surface area contributed by atoms with Gasteiger partial charge in [0, 0.05) is 5.75 Å². The zero-order valence-electron chi connectivity index (χ0n) is 20.1. The molecule has 0 spiro atoms. The van der Waals surface area contributed by atoms with E-state index in [4.69, 9.17) is 19.9 Å². The van der Waals surface area contributed by atoms with Crippen LogP contribution in [0.4, 0.5) is 5.82 Å². The quantitative estimate of drug-likeness (QED) is 0.117. The van der Waals surface area contributed by atoms with E-state index < -0.39 is 86.5 Å². The lowest BCUT2D eigenvalue weighted by molar-refractivity contribution is -0.347. The monoisotopic (exact) mass is 553 g/mol. The van der Waals surface area contributed by atoms with Gasteiger partial charge in [0.1, 0.15) is 48.8 Å². The number of amides is 1. The Morgan fingerprint density at radius 1 is 1.11 bits per heavy atom. The van der Waals surface area contributed by atoms with Crippen molar-refractivity contribution >= 4 is 23.5 Å². The molecule has 2 fully saturated rings. The van der Waals surface area contributed by atoms with Crippen molar-refractivity contribution in [3.63, 3.8) is 0 Å². The third kappa shape index (κ3) is 6.94. The number of carbonyl (C=O) groups excluding carboxylic acids is 1. The summed E-state index contributed by atoms with van der Waals surface area (Å²) >= 11 is 1.54. The van der Waals surface area contributed by atoms with E-state index in [-0.39, 0.29) is 5.82 Å². The van der Waals surface area contributed by atoms with Gasteiger partial charge in [-0.1, -0.05) is 12.1 Å². The summed E-state index contributed by atoms with van der Waals surface area (Å²) in [6, 6.07) is -0.779. The summed E-state index contributed by atoms with van der Waals surface area (Å²) < 4.78 is 17.5. The molecule has 9 unspecified atom stereocenters. The van der Waals surface area contributed by atoms with Crippen LogP contribution >= 0.6 is 11.8 Å². The molecule has 1 aromatic rings. The molecule has 212 valence electrons. The number of nitrogens with zero attached hydrogens (tertiary/aromatic N) is 3. The van der Waals surface area contributed by atoms with Crippen LogP contribution in [0.15, 0.2) is 6.20 Å². The van der Waals surface area contributed by atoms with Gasteiger partial charge < -0.3 is 61.0 Å². The number of rotatable bonds is 11. The molecule has 10 N–H and O–H groups in total. The Bertz CT molecular complexity index is 864. The van der Waals surface area contributed by atoms with Gasteiger partial charge in [-0.15, -0.1) is 5.10 Å². The maximum atomic E-state index is 12.3. The molecule has 0 radical (unpaired) electrons. The van der Waals surface area contributed by atoms with Gasteiger partial charge in [0.25, 0.3) is 0 Å². The number of nitrogens with two attached hydrogens (primary N) is 1. The summed E-state index contributed by atoms with van der Waals surface area (Å²) in [7, 11) is 0.